The number of ether oxygens (including phenoxy) is 1. The Bertz CT molecular complexity index is 912. The molecule has 1 amide bonds. The molecule has 1 atom stereocenters. The van der Waals surface area contributed by atoms with Crippen LogP contribution in [0.15, 0.2) is 54.4 Å². The molecule has 28 heavy (non-hydrogen) atoms. The number of hydrogen-bond donors (Lipinski definition) is 1. The molecule has 1 fully saturated rings. The van der Waals surface area contributed by atoms with Gasteiger partial charge in [0.25, 0.3) is 11.7 Å². The fourth-order valence-electron chi connectivity index (χ4n) is 3.17. The van der Waals surface area contributed by atoms with Gasteiger partial charge in [0.05, 0.1) is 24.3 Å². The fourth-order valence-corrected chi connectivity index (χ4v) is 3.36. The van der Waals surface area contributed by atoms with Gasteiger partial charge in [-0.3, -0.25) is 14.6 Å². The molecule has 0 saturated carbocycles. The van der Waals surface area contributed by atoms with Gasteiger partial charge < -0.3 is 14.7 Å². The second kappa shape index (κ2) is 8.54. The van der Waals surface area contributed by atoms with Gasteiger partial charge in [-0.1, -0.05) is 29.8 Å². The Kier molecular flexibility index (Phi) is 6.11. The standard InChI is InChI=1S/C21H21ClN2O4/c1-13(2)28-10-9-24-18(15-6-4-8-23-12-15)17(20(26)21(24)27)19(25)14-5-3-7-16(22)11-14/h3-8,11-13,18,25H,9-10H2,1-2H3/b19-17-. The molecular weight excluding hydrogens is 380 g/mol. The Balaban J connectivity index is 2.07. The van der Waals surface area contributed by atoms with E-state index in [2.05, 4.69) is 4.98 Å². The first kappa shape index (κ1) is 20.0. The highest BCUT2D eigenvalue weighted by molar-refractivity contribution is 6.46. The Morgan fingerprint density at radius 1 is 1.29 bits per heavy atom. The fraction of sp³-hybridized carbons (Fsp3) is 0.286. The minimum Gasteiger partial charge on any atom is -0.507 e. The monoisotopic (exact) mass is 400 g/mol. The van der Waals surface area contributed by atoms with E-state index in [4.69, 9.17) is 16.3 Å². The van der Waals surface area contributed by atoms with Gasteiger partial charge in [-0.15, -0.1) is 0 Å². The highest BCUT2D eigenvalue weighted by atomic mass is 35.5. The summed E-state index contributed by atoms with van der Waals surface area (Å²) in [7, 11) is 0. The number of rotatable bonds is 6. The number of amides is 1. The van der Waals surface area contributed by atoms with E-state index in [1.165, 1.54) is 4.90 Å². The number of aliphatic hydroxyl groups excluding tert-OH is 1. The Morgan fingerprint density at radius 2 is 2.07 bits per heavy atom. The zero-order valence-electron chi connectivity index (χ0n) is 15.6. The average molecular weight is 401 g/mol. The number of halogens is 1. The molecule has 6 nitrogen and oxygen atoms in total. The molecule has 0 aliphatic carbocycles. The van der Waals surface area contributed by atoms with Crippen molar-refractivity contribution in [2.75, 3.05) is 13.2 Å². The molecule has 1 unspecified atom stereocenters. The SMILES string of the molecule is CC(C)OCCN1C(=O)C(=O)/C(=C(\O)c2cccc(Cl)c2)C1c1cccnc1. The molecule has 7 heteroatoms. The number of Topliss-reactive ketones (excluding diaryl/α,β-unsaturated/α-hetero) is 1. The maximum Gasteiger partial charge on any atom is 0.295 e. The van der Waals surface area contributed by atoms with Crippen LogP contribution in [-0.4, -0.2) is 45.9 Å². The van der Waals surface area contributed by atoms with Crippen molar-refractivity contribution < 1.29 is 19.4 Å². The Morgan fingerprint density at radius 3 is 2.71 bits per heavy atom. The first-order valence-electron chi connectivity index (χ1n) is 8.96. The molecule has 0 spiro atoms. The third-order valence-corrected chi connectivity index (χ3v) is 4.66. The number of pyridine rings is 1. The van der Waals surface area contributed by atoms with Crippen molar-refractivity contribution in [1.29, 1.82) is 0 Å². The van der Waals surface area contributed by atoms with Crippen molar-refractivity contribution in [3.8, 4) is 0 Å². The van der Waals surface area contributed by atoms with E-state index in [0.29, 0.717) is 16.1 Å². The second-order valence-electron chi connectivity index (χ2n) is 6.71. The van der Waals surface area contributed by atoms with Gasteiger partial charge >= 0.3 is 0 Å². The summed E-state index contributed by atoms with van der Waals surface area (Å²) in [5.74, 6) is -1.68. The maximum absolute atomic E-state index is 12.8. The minimum atomic E-state index is -0.747. The van der Waals surface area contributed by atoms with E-state index in [-0.39, 0.29) is 30.6 Å². The van der Waals surface area contributed by atoms with Crippen LogP contribution in [0.5, 0.6) is 0 Å². The summed E-state index contributed by atoms with van der Waals surface area (Å²) in [5.41, 5.74) is 1.03. The van der Waals surface area contributed by atoms with Crippen molar-refractivity contribution in [2.24, 2.45) is 0 Å². The lowest BCUT2D eigenvalue weighted by Gasteiger charge is -2.25. The van der Waals surface area contributed by atoms with Crippen LogP contribution in [-0.2, 0) is 14.3 Å². The van der Waals surface area contributed by atoms with E-state index in [9.17, 15) is 14.7 Å². The summed E-state index contributed by atoms with van der Waals surface area (Å²) in [6.07, 6.45) is 3.19. The summed E-state index contributed by atoms with van der Waals surface area (Å²) in [4.78, 5) is 31.0. The van der Waals surface area contributed by atoms with Crippen LogP contribution in [0.1, 0.15) is 31.0 Å². The molecule has 3 rings (SSSR count). The smallest absolute Gasteiger partial charge is 0.295 e. The molecule has 1 aliphatic rings. The zero-order valence-corrected chi connectivity index (χ0v) is 16.4. The van der Waals surface area contributed by atoms with E-state index < -0.39 is 17.7 Å². The number of aliphatic hydroxyl groups is 1. The molecule has 0 radical (unpaired) electrons. The van der Waals surface area contributed by atoms with Crippen molar-refractivity contribution in [1.82, 2.24) is 9.88 Å². The number of carbonyl (C=O) groups excluding carboxylic acids is 2. The molecule has 1 N–H and O–H groups in total. The van der Waals surface area contributed by atoms with Gasteiger partial charge in [-0.05, 0) is 37.6 Å². The first-order chi connectivity index (χ1) is 13.4. The molecule has 1 aromatic heterocycles. The number of nitrogens with zero attached hydrogens (tertiary/aromatic N) is 2. The molecule has 1 saturated heterocycles. The van der Waals surface area contributed by atoms with E-state index >= 15 is 0 Å². The lowest BCUT2D eigenvalue weighted by Crippen LogP contribution is -2.33. The van der Waals surface area contributed by atoms with Gasteiger partial charge in [0.2, 0.25) is 0 Å². The first-order valence-corrected chi connectivity index (χ1v) is 9.34. The van der Waals surface area contributed by atoms with Gasteiger partial charge in [0.15, 0.2) is 0 Å². The maximum atomic E-state index is 12.8. The number of aromatic nitrogens is 1. The molecule has 2 aromatic rings. The van der Waals surface area contributed by atoms with Gasteiger partial charge in [0.1, 0.15) is 5.76 Å². The predicted octanol–water partition coefficient (Wildman–Crippen LogP) is 3.58. The largest absolute Gasteiger partial charge is 0.507 e. The summed E-state index contributed by atoms with van der Waals surface area (Å²) < 4.78 is 5.55. The van der Waals surface area contributed by atoms with Crippen LogP contribution in [0, 0.1) is 0 Å². The van der Waals surface area contributed by atoms with E-state index in [1.54, 1.807) is 48.8 Å². The summed E-state index contributed by atoms with van der Waals surface area (Å²) >= 11 is 6.02. The predicted molar refractivity (Wildman–Crippen MR) is 106 cm³/mol. The Labute approximate surface area is 168 Å². The minimum absolute atomic E-state index is 0.000115. The van der Waals surface area contributed by atoms with Crippen LogP contribution in [0.25, 0.3) is 5.76 Å². The summed E-state index contributed by atoms with van der Waals surface area (Å²) in [6, 6.07) is 9.26. The van der Waals surface area contributed by atoms with Crippen LogP contribution in [0.4, 0.5) is 0 Å². The number of likely N-dealkylation sites (tertiary alicyclic amines) is 1. The van der Waals surface area contributed by atoms with Gasteiger partial charge in [0, 0.05) is 29.5 Å². The van der Waals surface area contributed by atoms with Gasteiger partial charge in [-0.2, -0.15) is 0 Å². The van der Waals surface area contributed by atoms with E-state index in [1.807, 2.05) is 13.8 Å². The summed E-state index contributed by atoms with van der Waals surface area (Å²) in [5, 5.41) is 11.3. The zero-order chi connectivity index (χ0) is 20.3. The number of benzene rings is 1. The van der Waals surface area contributed by atoms with Crippen molar-refractivity contribution in [3.05, 3.63) is 70.5 Å². The van der Waals surface area contributed by atoms with Gasteiger partial charge in [-0.25, -0.2) is 0 Å². The van der Waals surface area contributed by atoms with Crippen LogP contribution in [0.2, 0.25) is 5.02 Å². The van der Waals surface area contributed by atoms with Crippen LogP contribution in [0.3, 0.4) is 0 Å². The molecular formula is C21H21ClN2O4. The lowest BCUT2D eigenvalue weighted by molar-refractivity contribution is -0.140. The number of carbonyl (C=O) groups is 2. The highest BCUT2D eigenvalue weighted by Crippen LogP contribution is 2.39. The molecule has 0 bridgehead atoms. The quantitative estimate of drug-likeness (QED) is 0.455. The molecule has 1 aromatic carbocycles. The summed E-state index contributed by atoms with van der Waals surface area (Å²) in [6.45, 7) is 4.28. The third kappa shape index (κ3) is 4.08. The normalized spacial score (nSPS) is 18.9. The number of ketones is 1. The topological polar surface area (TPSA) is 79.7 Å². The lowest BCUT2D eigenvalue weighted by atomic mass is 9.96. The van der Waals surface area contributed by atoms with Crippen molar-refractivity contribution in [2.45, 2.75) is 26.0 Å². The van der Waals surface area contributed by atoms with Crippen LogP contribution < -0.4 is 0 Å². The third-order valence-electron chi connectivity index (χ3n) is 4.42. The van der Waals surface area contributed by atoms with Crippen LogP contribution >= 0.6 is 11.6 Å². The van der Waals surface area contributed by atoms with Crippen molar-refractivity contribution >= 4 is 29.1 Å². The average Bonchev–Trinajstić information content (AvgIpc) is 2.93. The molecule has 146 valence electrons. The molecule has 2 heterocycles. The Hall–Kier alpha value is -2.70. The highest BCUT2D eigenvalue weighted by Gasteiger charge is 2.46. The van der Waals surface area contributed by atoms with E-state index in [0.717, 1.165) is 0 Å². The molecule has 1 aliphatic heterocycles. The number of hydrogen-bond acceptors (Lipinski definition) is 5. The van der Waals surface area contributed by atoms with Crippen molar-refractivity contribution in [3.63, 3.8) is 0 Å². The second-order valence-corrected chi connectivity index (χ2v) is 7.15.